The van der Waals surface area contributed by atoms with Crippen LogP contribution in [0.1, 0.15) is 12.6 Å². The van der Waals surface area contributed by atoms with E-state index >= 15 is 0 Å². The Labute approximate surface area is 97.3 Å². The van der Waals surface area contributed by atoms with E-state index in [1.165, 1.54) is 10.7 Å². The summed E-state index contributed by atoms with van der Waals surface area (Å²) in [5, 5.41) is 10.7. The van der Waals surface area contributed by atoms with Gasteiger partial charge in [0.2, 0.25) is 0 Å². The Bertz CT molecular complexity index is 510. The standard InChI is InChI=1S/C11H12F2N4/c1-2-14-6-9-7-15-16-17(9)8-3-4-10(12)11(13)5-8/h3-5,7,14H,2,6H2,1H3. The lowest BCUT2D eigenvalue weighted by molar-refractivity contribution is 0.507. The molecule has 90 valence electrons. The lowest BCUT2D eigenvalue weighted by atomic mass is 10.3. The van der Waals surface area contributed by atoms with Gasteiger partial charge in [0.1, 0.15) is 0 Å². The second-order valence-electron chi connectivity index (χ2n) is 3.52. The molecule has 0 spiro atoms. The van der Waals surface area contributed by atoms with Gasteiger partial charge in [-0.25, -0.2) is 13.5 Å². The molecular formula is C11H12F2N4. The maximum Gasteiger partial charge on any atom is 0.160 e. The third kappa shape index (κ3) is 2.47. The Kier molecular flexibility index (Phi) is 3.43. The highest BCUT2D eigenvalue weighted by atomic mass is 19.2. The first-order valence-electron chi connectivity index (χ1n) is 5.28. The molecule has 0 aliphatic heterocycles. The summed E-state index contributed by atoms with van der Waals surface area (Å²) in [6, 6.07) is 3.63. The first-order chi connectivity index (χ1) is 8.22. The smallest absolute Gasteiger partial charge is 0.160 e. The second kappa shape index (κ2) is 5.01. The molecule has 2 rings (SSSR count). The minimum absolute atomic E-state index is 0.453. The van der Waals surface area contributed by atoms with Gasteiger partial charge in [0.15, 0.2) is 11.6 Å². The number of hydrogen-bond donors (Lipinski definition) is 1. The van der Waals surface area contributed by atoms with Gasteiger partial charge in [-0.2, -0.15) is 0 Å². The molecular weight excluding hydrogens is 226 g/mol. The van der Waals surface area contributed by atoms with E-state index in [9.17, 15) is 8.78 Å². The summed E-state index contributed by atoms with van der Waals surface area (Å²) in [6.07, 6.45) is 1.59. The van der Waals surface area contributed by atoms with E-state index in [0.717, 1.165) is 24.4 Å². The fourth-order valence-electron chi connectivity index (χ4n) is 1.46. The lowest BCUT2D eigenvalue weighted by Crippen LogP contribution is -2.15. The van der Waals surface area contributed by atoms with Gasteiger partial charge >= 0.3 is 0 Å². The van der Waals surface area contributed by atoms with Gasteiger partial charge in [0, 0.05) is 12.6 Å². The fraction of sp³-hybridized carbons (Fsp3) is 0.273. The van der Waals surface area contributed by atoms with Crippen molar-refractivity contribution < 1.29 is 8.78 Å². The van der Waals surface area contributed by atoms with Gasteiger partial charge in [0.05, 0.1) is 17.6 Å². The predicted octanol–water partition coefficient (Wildman–Crippen LogP) is 1.65. The van der Waals surface area contributed by atoms with Gasteiger partial charge in [-0.3, -0.25) is 0 Å². The molecule has 0 saturated carbocycles. The van der Waals surface area contributed by atoms with E-state index in [4.69, 9.17) is 0 Å². The van der Waals surface area contributed by atoms with Crippen LogP contribution in [0.4, 0.5) is 8.78 Å². The van der Waals surface area contributed by atoms with E-state index in [0.29, 0.717) is 12.2 Å². The quantitative estimate of drug-likeness (QED) is 0.880. The Balaban J connectivity index is 2.32. The molecule has 17 heavy (non-hydrogen) atoms. The second-order valence-corrected chi connectivity index (χ2v) is 3.52. The Morgan fingerprint density at radius 3 is 2.82 bits per heavy atom. The van der Waals surface area contributed by atoms with Crippen LogP contribution in [-0.2, 0) is 6.54 Å². The average molecular weight is 238 g/mol. The molecule has 0 aliphatic carbocycles. The largest absolute Gasteiger partial charge is 0.311 e. The van der Waals surface area contributed by atoms with Crippen molar-refractivity contribution in [2.75, 3.05) is 6.54 Å². The number of aromatic nitrogens is 3. The molecule has 2 aromatic rings. The van der Waals surface area contributed by atoms with E-state index in [2.05, 4.69) is 15.6 Å². The number of benzene rings is 1. The molecule has 1 aromatic carbocycles. The molecule has 0 amide bonds. The first kappa shape index (κ1) is 11.7. The zero-order valence-electron chi connectivity index (χ0n) is 9.32. The number of hydrogen-bond acceptors (Lipinski definition) is 3. The monoisotopic (exact) mass is 238 g/mol. The van der Waals surface area contributed by atoms with Crippen LogP contribution in [-0.4, -0.2) is 21.5 Å². The van der Waals surface area contributed by atoms with Crippen LogP contribution in [0.25, 0.3) is 5.69 Å². The Morgan fingerprint density at radius 2 is 2.12 bits per heavy atom. The number of rotatable bonds is 4. The van der Waals surface area contributed by atoms with Gasteiger partial charge in [0.25, 0.3) is 0 Å². The lowest BCUT2D eigenvalue weighted by Gasteiger charge is -2.06. The summed E-state index contributed by atoms with van der Waals surface area (Å²) in [5.41, 5.74) is 1.24. The SMILES string of the molecule is CCNCc1cnnn1-c1ccc(F)c(F)c1. The van der Waals surface area contributed by atoms with E-state index in [1.807, 2.05) is 6.92 Å². The van der Waals surface area contributed by atoms with Crippen LogP contribution < -0.4 is 5.32 Å². The molecule has 0 aliphatic rings. The van der Waals surface area contributed by atoms with Gasteiger partial charge in [-0.1, -0.05) is 12.1 Å². The maximum absolute atomic E-state index is 13.1. The normalized spacial score (nSPS) is 10.8. The summed E-state index contributed by atoms with van der Waals surface area (Å²) in [4.78, 5) is 0. The highest BCUT2D eigenvalue weighted by Gasteiger charge is 2.08. The third-order valence-corrected chi connectivity index (χ3v) is 2.32. The van der Waals surface area contributed by atoms with Crippen molar-refractivity contribution in [1.29, 1.82) is 0 Å². The molecule has 0 saturated heterocycles. The average Bonchev–Trinajstić information content (AvgIpc) is 2.78. The summed E-state index contributed by atoms with van der Waals surface area (Å²) >= 11 is 0. The molecule has 0 unspecified atom stereocenters. The van der Waals surface area contributed by atoms with Crippen molar-refractivity contribution in [1.82, 2.24) is 20.3 Å². The molecule has 1 heterocycles. The van der Waals surface area contributed by atoms with Crippen LogP contribution in [0.2, 0.25) is 0 Å². The van der Waals surface area contributed by atoms with E-state index in [-0.39, 0.29) is 0 Å². The van der Waals surface area contributed by atoms with Crippen molar-refractivity contribution >= 4 is 0 Å². The van der Waals surface area contributed by atoms with E-state index in [1.54, 1.807) is 6.20 Å². The minimum Gasteiger partial charge on any atom is -0.311 e. The highest BCUT2D eigenvalue weighted by molar-refractivity contribution is 5.32. The molecule has 6 heteroatoms. The fourth-order valence-corrected chi connectivity index (χ4v) is 1.46. The van der Waals surface area contributed by atoms with Crippen molar-refractivity contribution in [3.8, 4) is 5.69 Å². The predicted molar refractivity (Wildman–Crippen MR) is 58.7 cm³/mol. The zero-order valence-corrected chi connectivity index (χ0v) is 9.32. The Hall–Kier alpha value is -1.82. The number of nitrogens with zero attached hydrogens (tertiary/aromatic N) is 3. The van der Waals surface area contributed by atoms with Crippen molar-refractivity contribution in [3.63, 3.8) is 0 Å². The maximum atomic E-state index is 13.1. The summed E-state index contributed by atoms with van der Waals surface area (Å²) in [6.45, 7) is 3.36. The van der Waals surface area contributed by atoms with Crippen LogP contribution in [0, 0.1) is 11.6 Å². The van der Waals surface area contributed by atoms with Crippen molar-refractivity contribution in [3.05, 3.63) is 41.7 Å². The third-order valence-electron chi connectivity index (χ3n) is 2.32. The molecule has 4 nitrogen and oxygen atoms in total. The Morgan fingerprint density at radius 1 is 1.29 bits per heavy atom. The van der Waals surface area contributed by atoms with Gasteiger partial charge in [-0.15, -0.1) is 5.10 Å². The van der Waals surface area contributed by atoms with E-state index < -0.39 is 11.6 Å². The summed E-state index contributed by atoms with van der Waals surface area (Å²) in [7, 11) is 0. The highest BCUT2D eigenvalue weighted by Crippen LogP contribution is 2.13. The van der Waals surface area contributed by atoms with Crippen molar-refractivity contribution in [2.45, 2.75) is 13.5 Å². The zero-order chi connectivity index (χ0) is 12.3. The van der Waals surface area contributed by atoms with Gasteiger partial charge < -0.3 is 5.32 Å². The first-order valence-corrected chi connectivity index (χ1v) is 5.28. The molecule has 0 bridgehead atoms. The van der Waals surface area contributed by atoms with Gasteiger partial charge in [-0.05, 0) is 18.7 Å². The molecule has 1 aromatic heterocycles. The minimum atomic E-state index is -0.896. The molecule has 1 N–H and O–H groups in total. The molecule has 0 fully saturated rings. The van der Waals surface area contributed by atoms with Crippen molar-refractivity contribution in [2.24, 2.45) is 0 Å². The number of halogens is 2. The molecule has 0 radical (unpaired) electrons. The molecule has 0 atom stereocenters. The topological polar surface area (TPSA) is 42.7 Å². The van der Waals surface area contributed by atoms with Crippen LogP contribution in [0.15, 0.2) is 24.4 Å². The summed E-state index contributed by atoms with van der Waals surface area (Å²) < 4.78 is 27.4. The number of nitrogens with one attached hydrogen (secondary N) is 1. The van der Waals surface area contributed by atoms with Crippen LogP contribution in [0.3, 0.4) is 0 Å². The van der Waals surface area contributed by atoms with Crippen LogP contribution >= 0.6 is 0 Å². The summed E-state index contributed by atoms with van der Waals surface area (Å²) in [5.74, 6) is -1.77. The van der Waals surface area contributed by atoms with Crippen LogP contribution in [0.5, 0.6) is 0 Å².